The summed E-state index contributed by atoms with van der Waals surface area (Å²) in [5.74, 6) is -0.556. The summed E-state index contributed by atoms with van der Waals surface area (Å²) < 4.78 is 5.06. The minimum atomic E-state index is -1.10. The summed E-state index contributed by atoms with van der Waals surface area (Å²) in [5, 5.41) is 28.5. The van der Waals surface area contributed by atoms with Gasteiger partial charge in [0.1, 0.15) is 11.9 Å². The number of aliphatic carboxylic acids is 1. The van der Waals surface area contributed by atoms with Gasteiger partial charge in [0.2, 0.25) is 0 Å². The molecule has 1 aromatic rings. The van der Waals surface area contributed by atoms with Gasteiger partial charge in [0.15, 0.2) is 0 Å². The number of carbonyl (C=O) groups is 1. The van der Waals surface area contributed by atoms with Gasteiger partial charge < -0.3 is 25.8 Å². The highest BCUT2D eigenvalue weighted by Crippen LogP contribution is 2.26. The molecule has 1 rings (SSSR count). The summed E-state index contributed by atoms with van der Waals surface area (Å²) in [6.07, 6.45) is -2.02. The number of aliphatic hydroxyl groups excluding tert-OH is 2. The highest BCUT2D eigenvalue weighted by Gasteiger charge is 2.19. The molecule has 2 unspecified atom stereocenters. The molecule has 5 N–H and O–H groups in total. The second kappa shape index (κ2) is 7.08. The molecule has 0 aliphatic rings. The fourth-order valence-corrected chi connectivity index (χ4v) is 1.83. The van der Waals surface area contributed by atoms with E-state index in [1.165, 1.54) is 13.2 Å². The van der Waals surface area contributed by atoms with Crippen LogP contribution >= 0.6 is 0 Å². The molecule has 0 spiro atoms. The van der Waals surface area contributed by atoms with Gasteiger partial charge in [-0.1, -0.05) is 6.07 Å². The topological polar surface area (TPSA) is 113 Å². The van der Waals surface area contributed by atoms with E-state index in [0.717, 1.165) is 0 Å². The van der Waals surface area contributed by atoms with Gasteiger partial charge >= 0.3 is 5.97 Å². The molecule has 19 heavy (non-hydrogen) atoms. The van der Waals surface area contributed by atoms with E-state index in [4.69, 9.17) is 15.6 Å². The first-order valence-corrected chi connectivity index (χ1v) is 5.94. The van der Waals surface area contributed by atoms with Crippen molar-refractivity contribution in [1.29, 1.82) is 0 Å². The van der Waals surface area contributed by atoms with Gasteiger partial charge in [-0.2, -0.15) is 0 Å². The number of nitrogens with two attached hydrogens (primary N) is 1. The van der Waals surface area contributed by atoms with Crippen molar-refractivity contribution in [1.82, 2.24) is 0 Å². The SMILES string of the molecule is COc1ccc(C(O)C(O)CCN)cc1CC(=O)O. The van der Waals surface area contributed by atoms with Crippen LogP contribution < -0.4 is 10.5 Å². The third-order valence-corrected chi connectivity index (χ3v) is 2.81. The summed E-state index contributed by atoms with van der Waals surface area (Å²) >= 11 is 0. The van der Waals surface area contributed by atoms with Crippen molar-refractivity contribution in [3.63, 3.8) is 0 Å². The number of benzene rings is 1. The molecular formula is C13H19NO5. The van der Waals surface area contributed by atoms with Crippen LogP contribution in [0.3, 0.4) is 0 Å². The molecule has 0 aromatic heterocycles. The van der Waals surface area contributed by atoms with Crippen LogP contribution in [0.25, 0.3) is 0 Å². The molecule has 0 amide bonds. The van der Waals surface area contributed by atoms with Gasteiger partial charge in [-0.15, -0.1) is 0 Å². The monoisotopic (exact) mass is 269 g/mol. The predicted molar refractivity (Wildman–Crippen MR) is 69.0 cm³/mol. The Kier molecular flexibility index (Phi) is 5.75. The number of ether oxygens (including phenoxy) is 1. The lowest BCUT2D eigenvalue weighted by atomic mass is 9.98. The van der Waals surface area contributed by atoms with E-state index in [1.807, 2.05) is 0 Å². The van der Waals surface area contributed by atoms with Crippen LogP contribution in [0.5, 0.6) is 5.75 Å². The van der Waals surface area contributed by atoms with E-state index in [0.29, 0.717) is 16.9 Å². The number of aliphatic hydroxyl groups is 2. The summed E-state index contributed by atoms with van der Waals surface area (Å²) in [5.41, 5.74) is 6.21. The molecule has 6 heteroatoms. The normalized spacial score (nSPS) is 13.9. The van der Waals surface area contributed by atoms with Crippen LogP contribution in [-0.2, 0) is 11.2 Å². The highest BCUT2D eigenvalue weighted by molar-refractivity contribution is 5.71. The molecule has 2 atom stereocenters. The lowest BCUT2D eigenvalue weighted by Crippen LogP contribution is -2.22. The standard InChI is InChI=1S/C13H19NO5/c1-19-11-3-2-8(6-9(11)7-12(16)17)13(18)10(15)4-5-14/h2-3,6,10,13,15,18H,4-5,7,14H2,1H3,(H,16,17). The van der Waals surface area contributed by atoms with Crippen molar-refractivity contribution in [2.24, 2.45) is 5.73 Å². The minimum absolute atomic E-state index is 0.212. The molecule has 0 aliphatic heterocycles. The maximum Gasteiger partial charge on any atom is 0.307 e. The van der Waals surface area contributed by atoms with Crippen molar-refractivity contribution in [2.75, 3.05) is 13.7 Å². The van der Waals surface area contributed by atoms with Crippen molar-refractivity contribution < 1.29 is 24.9 Å². The molecule has 0 fully saturated rings. The Morgan fingerprint density at radius 1 is 1.42 bits per heavy atom. The molecule has 0 heterocycles. The van der Waals surface area contributed by atoms with E-state index >= 15 is 0 Å². The van der Waals surface area contributed by atoms with E-state index < -0.39 is 18.2 Å². The van der Waals surface area contributed by atoms with E-state index in [1.54, 1.807) is 12.1 Å². The zero-order valence-corrected chi connectivity index (χ0v) is 10.7. The quantitative estimate of drug-likeness (QED) is 0.557. The summed E-state index contributed by atoms with van der Waals surface area (Å²) in [6, 6.07) is 4.69. The molecule has 6 nitrogen and oxygen atoms in total. The summed E-state index contributed by atoms with van der Waals surface area (Å²) in [7, 11) is 1.44. The van der Waals surface area contributed by atoms with Gasteiger partial charge in [0, 0.05) is 5.56 Å². The van der Waals surface area contributed by atoms with Crippen molar-refractivity contribution >= 4 is 5.97 Å². The Bertz CT molecular complexity index is 435. The van der Waals surface area contributed by atoms with E-state index in [2.05, 4.69) is 0 Å². The number of carboxylic acid groups (broad SMARTS) is 1. The van der Waals surface area contributed by atoms with Crippen molar-refractivity contribution in [3.05, 3.63) is 29.3 Å². The lowest BCUT2D eigenvalue weighted by Gasteiger charge is -2.19. The van der Waals surface area contributed by atoms with Crippen molar-refractivity contribution in [2.45, 2.75) is 25.0 Å². The molecule has 0 saturated heterocycles. The third kappa shape index (κ3) is 4.20. The molecule has 1 aromatic carbocycles. The highest BCUT2D eigenvalue weighted by atomic mass is 16.5. The van der Waals surface area contributed by atoms with Crippen LogP contribution in [0, 0.1) is 0 Å². The first-order valence-electron chi connectivity index (χ1n) is 5.94. The second-order valence-corrected chi connectivity index (χ2v) is 4.23. The molecular weight excluding hydrogens is 250 g/mol. The lowest BCUT2D eigenvalue weighted by molar-refractivity contribution is -0.136. The van der Waals surface area contributed by atoms with Crippen LogP contribution in [0.1, 0.15) is 23.7 Å². The van der Waals surface area contributed by atoms with Gasteiger partial charge in [0.05, 0.1) is 19.6 Å². The van der Waals surface area contributed by atoms with Crippen LogP contribution in [-0.4, -0.2) is 41.0 Å². The number of carboxylic acids is 1. The Balaban J connectivity index is 2.99. The first kappa shape index (κ1) is 15.4. The number of methoxy groups -OCH3 is 1. The average Bonchev–Trinajstić information content (AvgIpc) is 2.37. The van der Waals surface area contributed by atoms with Crippen LogP contribution in [0.15, 0.2) is 18.2 Å². The number of rotatable bonds is 7. The van der Waals surface area contributed by atoms with E-state index in [-0.39, 0.29) is 19.4 Å². The molecule has 0 aliphatic carbocycles. The van der Waals surface area contributed by atoms with Gasteiger partial charge in [-0.25, -0.2) is 0 Å². The molecule has 0 saturated carbocycles. The van der Waals surface area contributed by atoms with Crippen LogP contribution in [0.4, 0.5) is 0 Å². The Morgan fingerprint density at radius 2 is 2.11 bits per heavy atom. The smallest absolute Gasteiger partial charge is 0.307 e. The molecule has 0 bridgehead atoms. The number of hydrogen-bond donors (Lipinski definition) is 4. The molecule has 0 radical (unpaired) electrons. The van der Waals surface area contributed by atoms with Crippen molar-refractivity contribution in [3.8, 4) is 5.75 Å². The third-order valence-electron chi connectivity index (χ3n) is 2.81. The zero-order chi connectivity index (χ0) is 14.4. The Morgan fingerprint density at radius 3 is 2.63 bits per heavy atom. The Labute approximate surface area is 111 Å². The summed E-state index contributed by atoms with van der Waals surface area (Å²) in [4.78, 5) is 10.8. The fraction of sp³-hybridized carbons (Fsp3) is 0.462. The predicted octanol–water partition coefficient (Wildman–Crippen LogP) is 0.0654. The maximum absolute atomic E-state index is 10.8. The first-order chi connectivity index (χ1) is 8.99. The van der Waals surface area contributed by atoms with E-state index in [9.17, 15) is 15.0 Å². The minimum Gasteiger partial charge on any atom is -0.496 e. The van der Waals surface area contributed by atoms with Crippen LogP contribution in [0.2, 0.25) is 0 Å². The zero-order valence-electron chi connectivity index (χ0n) is 10.7. The van der Waals surface area contributed by atoms with Gasteiger partial charge in [-0.05, 0) is 30.7 Å². The maximum atomic E-state index is 10.8. The van der Waals surface area contributed by atoms with Gasteiger partial charge in [-0.3, -0.25) is 4.79 Å². The largest absolute Gasteiger partial charge is 0.496 e. The summed E-state index contributed by atoms with van der Waals surface area (Å²) in [6.45, 7) is 0.260. The molecule has 106 valence electrons. The van der Waals surface area contributed by atoms with Gasteiger partial charge in [0.25, 0.3) is 0 Å². The Hall–Kier alpha value is -1.63. The average molecular weight is 269 g/mol. The fourth-order valence-electron chi connectivity index (χ4n) is 1.83. The number of hydrogen-bond acceptors (Lipinski definition) is 5. The second-order valence-electron chi connectivity index (χ2n) is 4.23.